The van der Waals surface area contributed by atoms with E-state index in [4.69, 9.17) is 14.2 Å². The average molecular weight is 690 g/mol. The lowest BCUT2D eigenvalue weighted by Crippen LogP contribution is -2.44. The van der Waals surface area contributed by atoms with Gasteiger partial charge in [-0.15, -0.1) is 0 Å². The Labute approximate surface area is 309 Å². The first-order valence-electron chi connectivity index (χ1n) is 19.2. The van der Waals surface area contributed by atoms with Crippen LogP contribution in [0, 0.1) is 10.8 Å². The number of rotatable bonds is 5. The monoisotopic (exact) mass is 689 g/mol. The molecule has 2 aliphatic heterocycles. The normalized spacial score (nSPS) is 22.0. The molecule has 1 saturated carbocycles. The number of benzene rings is 5. The van der Waals surface area contributed by atoms with Crippen molar-refractivity contribution >= 4 is 22.5 Å². The van der Waals surface area contributed by atoms with E-state index in [0.29, 0.717) is 0 Å². The maximum absolute atomic E-state index is 7.73. The van der Waals surface area contributed by atoms with Gasteiger partial charge in [-0.3, -0.25) is 0 Å². The van der Waals surface area contributed by atoms with Crippen LogP contribution in [-0.4, -0.2) is 27.3 Å². The molecule has 0 N–H and O–H groups in total. The van der Waals surface area contributed by atoms with E-state index in [-0.39, 0.29) is 16.2 Å². The average Bonchev–Trinajstić information content (AvgIpc) is 3.42. The molecule has 0 aromatic heterocycles. The van der Waals surface area contributed by atoms with E-state index in [1.807, 2.05) is 12.1 Å². The van der Waals surface area contributed by atoms with Crippen molar-refractivity contribution in [2.75, 3.05) is 32.2 Å². The van der Waals surface area contributed by atoms with Gasteiger partial charge >= 0.3 is 0 Å². The van der Waals surface area contributed by atoms with Crippen molar-refractivity contribution in [2.24, 2.45) is 10.8 Å². The van der Waals surface area contributed by atoms with Crippen molar-refractivity contribution in [1.82, 2.24) is 0 Å². The van der Waals surface area contributed by atoms with Gasteiger partial charge in [0.05, 0.1) is 14.2 Å². The summed E-state index contributed by atoms with van der Waals surface area (Å²) in [6.07, 6.45) is 11.9. The molecule has 9 rings (SSSR count). The SMILES string of the molecule is COc1ccc(C2(c3ccc(N4CCCCC4)cc3)C=Cc3c4c(c5ccc(OC)cc5c3O2)-c2ccccc2C42CC(C)(C)CC(C)(C)C2)cc1. The molecule has 0 radical (unpaired) electrons. The second-order valence-corrected chi connectivity index (χ2v) is 17.4. The third-order valence-electron chi connectivity index (χ3n) is 12.5. The zero-order valence-electron chi connectivity index (χ0n) is 31.6. The van der Waals surface area contributed by atoms with Gasteiger partial charge in [0, 0.05) is 46.3 Å². The van der Waals surface area contributed by atoms with E-state index < -0.39 is 5.60 Å². The molecule has 2 heterocycles. The van der Waals surface area contributed by atoms with Crippen LogP contribution in [0.2, 0.25) is 0 Å². The maximum atomic E-state index is 7.73. The summed E-state index contributed by atoms with van der Waals surface area (Å²) in [6, 6.07) is 33.4. The quantitative estimate of drug-likeness (QED) is 0.184. The van der Waals surface area contributed by atoms with Crippen molar-refractivity contribution in [2.45, 2.75) is 77.2 Å². The minimum absolute atomic E-state index is 0.140. The molecule has 52 heavy (non-hydrogen) atoms. The van der Waals surface area contributed by atoms with E-state index in [9.17, 15) is 0 Å². The van der Waals surface area contributed by atoms with Crippen LogP contribution in [0.15, 0.2) is 97.1 Å². The topological polar surface area (TPSA) is 30.9 Å². The highest BCUT2D eigenvalue weighted by Gasteiger charge is 2.55. The summed E-state index contributed by atoms with van der Waals surface area (Å²) in [5.41, 5.74) is 9.61. The summed E-state index contributed by atoms with van der Waals surface area (Å²) >= 11 is 0. The van der Waals surface area contributed by atoms with Crippen LogP contribution in [0.4, 0.5) is 5.69 Å². The predicted molar refractivity (Wildman–Crippen MR) is 214 cm³/mol. The molecule has 2 fully saturated rings. The maximum Gasteiger partial charge on any atom is 0.178 e. The third kappa shape index (κ3) is 5.08. The number of ether oxygens (including phenoxy) is 3. The van der Waals surface area contributed by atoms with E-state index in [2.05, 4.69) is 124 Å². The molecule has 0 amide bonds. The Morgan fingerprint density at radius 1 is 0.654 bits per heavy atom. The van der Waals surface area contributed by atoms with Crippen LogP contribution in [0.25, 0.3) is 28.0 Å². The van der Waals surface area contributed by atoms with Gasteiger partial charge in [-0.1, -0.05) is 82.3 Å². The first kappa shape index (κ1) is 33.2. The Bertz CT molecular complexity index is 2190. The Hall–Kier alpha value is -4.70. The van der Waals surface area contributed by atoms with Crippen molar-refractivity contribution < 1.29 is 14.2 Å². The minimum atomic E-state index is -0.854. The van der Waals surface area contributed by atoms with Crippen molar-refractivity contribution in [3.63, 3.8) is 0 Å². The lowest BCUT2D eigenvalue weighted by molar-refractivity contribution is 0.0642. The number of hydrogen-bond acceptors (Lipinski definition) is 4. The van der Waals surface area contributed by atoms with Crippen LogP contribution >= 0.6 is 0 Å². The summed E-state index contributed by atoms with van der Waals surface area (Å²) in [7, 11) is 3.48. The Morgan fingerprint density at radius 2 is 1.29 bits per heavy atom. The molecule has 5 aromatic rings. The largest absolute Gasteiger partial charge is 0.497 e. The number of fused-ring (bicyclic) bond motifs is 10. The molecule has 1 saturated heterocycles. The zero-order valence-corrected chi connectivity index (χ0v) is 31.6. The molecule has 5 aromatic carbocycles. The molecule has 4 aliphatic rings. The van der Waals surface area contributed by atoms with E-state index in [1.165, 1.54) is 64.6 Å². The van der Waals surface area contributed by atoms with Crippen molar-refractivity contribution in [3.05, 3.63) is 125 Å². The van der Waals surface area contributed by atoms with Gasteiger partial charge in [-0.2, -0.15) is 0 Å². The second-order valence-electron chi connectivity index (χ2n) is 17.4. The number of piperidine rings is 1. The predicted octanol–water partition coefficient (Wildman–Crippen LogP) is 11.7. The van der Waals surface area contributed by atoms with Crippen LogP contribution in [-0.2, 0) is 11.0 Å². The summed E-state index contributed by atoms with van der Waals surface area (Å²) in [6.45, 7) is 12.1. The molecule has 1 atom stereocenters. The van der Waals surface area contributed by atoms with E-state index >= 15 is 0 Å². The molecular weight excluding hydrogens is 639 g/mol. The lowest BCUT2D eigenvalue weighted by atomic mass is 9.52. The Balaban J connectivity index is 1.31. The summed E-state index contributed by atoms with van der Waals surface area (Å²) < 4.78 is 19.2. The smallest absolute Gasteiger partial charge is 0.178 e. The van der Waals surface area contributed by atoms with Crippen molar-refractivity contribution in [1.29, 1.82) is 0 Å². The second kappa shape index (κ2) is 11.9. The van der Waals surface area contributed by atoms with Crippen molar-refractivity contribution in [3.8, 4) is 28.4 Å². The molecule has 0 bridgehead atoms. The molecule has 2 aliphatic carbocycles. The first-order chi connectivity index (χ1) is 25.1. The summed E-state index contributed by atoms with van der Waals surface area (Å²) in [5.74, 6) is 2.59. The van der Waals surface area contributed by atoms with Gasteiger partial charge in [0.2, 0.25) is 0 Å². The highest BCUT2D eigenvalue weighted by molar-refractivity contribution is 6.09. The zero-order chi connectivity index (χ0) is 35.9. The van der Waals surface area contributed by atoms with Gasteiger partial charge in [0.25, 0.3) is 0 Å². The fourth-order valence-corrected chi connectivity index (χ4v) is 11.2. The third-order valence-corrected chi connectivity index (χ3v) is 12.5. The Kier molecular flexibility index (Phi) is 7.60. The molecule has 1 spiro atoms. The van der Waals surface area contributed by atoms with E-state index in [1.54, 1.807) is 14.2 Å². The van der Waals surface area contributed by atoms with Gasteiger partial charge < -0.3 is 19.1 Å². The fourth-order valence-electron chi connectivity index (χ4n) is 11.2. The minimum Gasteiger partial charge on any atom is -0.497 e. The highest BCUT2D eigenvalue weighted by atomic mass is 16.5. The lowest BCUT2D eigenvalue weighted by Gasteiger charge is -2.52. The summed E-state index contributed by atoms with van der Waals surface area (Å²) in [5, 5.41) is 2.31. The molecule has 266 valence electrons. The van der Waals surface area contributed by atoms with Gasteiger partial charge in [-0.05, 0) is 126 Å². The van der Waals surface area contributed by atoms with Crippen LogP contribution in [0.1, 0.15) is 94.0 Å². The Morgan fingerprint density at radius 3 is 1.96 bits per heavy atom. The molecule has 1 unspecified atom stereocenters. The van der Waals surface area contributed by atoms with Gasteiger partial charge in [0.1, 0.15) is 17.2 Å². The molecular formula is C48H51NO3. The number of hydrogen-bond donors (Lipinski definition) is 0. The molecule has 4 nitrogen and oxygen atoms in total. The highest BCUT2D eigenvalue weighted by Crippen LogP contribution is 2.67. The summed E-state index contributed by atoms with van der Waals surface area (Å²) in [4.78, 5) is 2.52. The number of anilines is 1. The van der Waals surface area contributed by atoms with Crippen LogP contribution < -0.4 is 19.1 Å². The number of nitrogens with zero attached hydrogens (tertiary/aromatic N) is 1. The van der Waals surface area contributed by atoms with Gasteiger partial charge in [0.15, 0.2) is 5.60 Å². The first-order valence-corrected chi connectivity index (χ1v) is 19.2. The fraction of sp³-hybridized carbons (Fsp3) is 0.375. The van der Waals surface area contributed by atoms with Gasteiger partial charge in [-0.25, -0.2) is 0 Å². The van der Waals surface area contributed by atoms with Crippen LogP contribution in [0.5, 0.6) is 17.2 Å². The molecule has 4 heteroatoms. The number of methoxy groups -OCH3 is 2. The van der Waals surface area contributed by atoms with E-state index in [0.717, 1.165) is 59.7 Å². The van der Waals surface area contributed by atoms with Crippen LogP contribution in [0.3, 0.4) is 0 Å². The standard InChI is InChI=1S/C48H51NO3/c1-45(2)29-46(3,4)31-47(30-45)41-13-9-8-12-38(41)42-37-23-22-36(51-6)28-40(37)44-39(43(42)47)24-25-48(52-44,33-16-20-35(50-5)21-17-33)32-14-18-34(19-15-32)49-26-10-7-11-27-49/h8-9,12-25,28H,7,10-11,26-27,29-31H2,1-6H3.